The third-order valence-electron chi connectivity index (χ3n) is 2.27. The maximum atomic E-state index is 13.6. The van der Waals surface area contributed by atoms with Crippen LogP contribution in [0.2, 0.25) is 0 Å². The van der Waals surface area contributed by atoms with E-state index in [1.54, 1.807) is 24.5 Å². The number of nitrogens with zero attached hydrogens (tertiary/aromatic N) is 1. The lowest BCUT2D eigenvalue weighted by atomic mass is 10.0. The first-order valence-corrected chi connectivity index (χ1v) is 4.71. The molecule has 2 nitrogen and oxygen atoms in total. The van der Waals surface area contributed by atoms with Gasteiger partial charge < -0.3 is 5.73 Å². The number of halogens is 1. The van der Waals surface area contributed by atoms with Crippen LogP contribution >= 0.6 is 0 Å². The molecule has 0 spiro atoms. The number of aromatic nitrogens is 1. The van der Waals surface area contributed by atoms with Crippen molar-refractivity contribution in [2.24, 2.45) is 5.73 Å². The lowest BCUT2D eigenvalue weighted by Gasteiger charge is -2.08. The molecule has 0 saturated carbocycles. The first-order valence-electron chi connectivity index (χ1n) is 4.71. The molecule has 0 saturated heterocycles. The number of hydrogen-bond acceptors (Lipinski definition) is 2. The molecule has 0 aliphatic heterocycles. The second-order valence-electron chi connectivity index (χ2n) is 3.22. The number of hydrogen-bond donors (Lipinski definition) is 1. The number of pyridine rings is 1. The van der Waals surface area contributed by atoms with Gasteiger partial charge in [-0.05, 0) is 17.7 Å². The Labute approximate surface area is 87.6 Å². The Kier molecular flexibility index (Phi) is 2.74. The molecule has 2 N–H and O–H groups in total. The van der Waals surface area contributed by atoms with E-state index in [0.29, 0.717) is 12.1 Å². The van der Waals surface area contributed by atoms with E-state index in [0.717, 1.165) is 11.1 Å². The molecule has 0 bridgehead atoms. The van der Waals surface area contributed by atoms with Crippen molar-refractivity contribution in [2.45, 2.75) is 6.54 Å². The molecule has 0 atom stereocenters. The van der Waals surface area contributed by atoms with Gasteiger partial charge in [0.1, 0.15) is 5.82 Å². The maximum absolute atomic E-state index is 13.6. The Morgan fingerprint density at radius 3 is 2.73 bits per heavy atom. The van der Waals surface area contributed by atoms with Gasteiger partial charge in [-0.25, -0.2) is 4.39 Å². The van der Waals surface area contributed by atoms with Crippen LogP contribution in [0.15, 0.2) is 42.7 Å². The van der Waals surface area contributed by atoms with Gasteiger partial charge in [-0.2, -0.15) is 0 Å². The van der Waals surface area contributed by atoms with E-state index in [1.807, 2.05) is 12.1 Å². The van der Waals surface area contributed by atoms with Gasteiger partial charge in [0.15, 0.2) is 0 Å². The quantitative estimate of drug-likeness (QED) is 0.811. The Morgan fingerprint density at radius 1 is 1.20 bits per heavy atom. The number of nitrogens with two attached hydrogens (primary N) is 1. The van der Waals surface area contributed by atoms with Crippen LogP contribution in [-0.4, -0.2) is 4.98 Å². The molecule has 2 aromatic rings. The predicted molar refractivity (Wildman–Crippen MR) is 57.5 cm³/mol. The minimum Gasteiger partial charge on any atom is -0.326 e. The van der Waals surface area contributed by atoms with Crippen LogP contribution in [0.4, 0.5) is 4.39 Å². The Bertz CT molecular complexity index is 454. The second kappa shape index (κ2) is 4.19. The molecule has 0 aliphatic carbocycles. The van der Waals surface area contributed by atoms with Crippen molar-refractivity contribution in [1.29, 1.82) is 0 Å². The van der Waals surface area contributed by atoms with E-state index < -0.39 is 0 Å². The van der Waals surface area contributed by atoms with E-state index in [1.165, 1.54) is 6.07 Å². The zero-order valence-electron chi connectivity index (χ0n) is 8.15. The van der Waals surface area contributed by atoms with Crippen LogP contribution in [0.3, 0.4) is 0 Å². The van der Waals surface area contributed by atoms with E-state index in [4.69, 9.17) is 5.73 Å². The molecule has 2 rings (SSSR count). The molecule has 0 radical (unpaired) electrons. The smallest absolute Gasteiger partial charge is 0.131 e. The van der Waals surface area contributed by atoms with Gasteiger partial charge in [0.2, 0.25) is 0 Å². The largest absolute Gasteiger partial charge is 0.326 e. The fraction of sp³-hybridized carbons (Fsp3) is 0.0833. The Hall–Kier alpha value is -1.74. The van der Waals surface area contributed by atoms with Crippen LogP contribution in [-0.2, 0) is 6.54 Å². The summed E-state index contributed by atoms with van der Waals surface area (Å²) >= 11 is 0. The van der Waals surface area contributed by atoms with E-state index in [2.05, 4.69) is 4.98 Å². The van der Waals surface area contributed by atoms with Gasteiger partial charge in [0.05, 0.1) is 0 Å². The molecular weight excluding hydrogens is 191 g/mol. The Morgan fingerprint density at radius 2 is 2.07 bits per heavy atom. The number of rotatable bonds is 2. The predicted octanol–water partition coefficient (Wildman–Crippen LogP) is 2.35. The highest BCUT2D eigenvalue weighted by Crippen LogP contribution is 2.25. The Balaban J connectivity index is 2.61. The average molecular weight is 202 g/mol. The summed E-state index contributed by atoms with van der Waals surface area (Å²) in [7, 11) is 0. The summed E-state index contributed by atoms with van der Waals surface area (Å²) in [6.45, 7) is 0.321. The van der Waals surface area contributed by atoms with E-state index in [-0.39, 0.29) is 5.82 Å². The molecule has 15 heavy (non-hydrogen) atoms. The molecule has 1 aromatic carbocycles. The molecule has 0 aliphatic rings. The van der Waals surface area contributed by atoms with Crippen molar-refractivity contribution in [3.8, 4) is 11.1 Å². The highest BCUT2D eigenvalue weighted by molar-refractivity contribution is 5.67. The molecule has 76 valence electrons. The molecule has 1 heterocycles. The molecule has 0 unspecified atom stereocenters. The van der Waals surface area contributed by atoms with Gasteiger partial charge in [0.25, 0.3) is 0 Å². The monoisotopic (exact) mass is 202 g/mol. The number of benzene rings is 1. The maximum Gasteiger partial charge on any atom is 0.131 e. The van der Waals surface area contributed by atoms with Gasteiger partial charge in [-0.3, -0.25) is 4.98 Å². The molecule has 0 fully saturated rings. The molecule has 3 heteroatoms. The third-order valence-corrected chi connectivity index (χ3v) is 2.27. The highest BCUT2D eigenvalue weighted by Gasteiger charge is 2.08. The van der Waals surface area contributed by atoms with Crippen molar-refractivity contribution in [3.05, 3.63) is 54.1 Å². The second-order valence-corrected chi connectivity index (χ2v) is 3.22. The minimum atomic E-state index is -0.258. The summed E-state index contributed by atoms with van der Waals surface area (Å²) in [5, 5.41) is 0. The van der Waals surface area contributed by atoms with E-state index >= 15 is 0 Å². The topological polar surface area (TPSA) is 38.9 Å². The van der Waals surface area contributed by atoms with Crippen LogP contribution in [0, 0.1) is 5.82 Å². The summed E-state index contributed by atoms with van der Waals surface area (Å²) in [6, 6.07) is 8.52. The summed E-state index contributed by atoms with van der Waals surface area (Å²) in [5.41, 5.74) is 7.67. The lowest BCUT2D eigenvalue weighted by Crippen LogP contribution is -2.00. The summed E-state index contributed by atoms with van der Waals surface area (Å²) in [4.78, 5) is 3.97. The molecule has 0 amide bonds. The van der Waals surface area contributed by atoms with Crippen LogP contribution in [0.5, 0.6) is 0 Å². The first kappa shape index (κ1) is 9.80. The summed E-state index contributed by atoms with van der Waals surface area (Å²) in [6.07, 6.45) is 3.30. The fourth-order valence-corrected chi connectivity index (χ4v) is 1.57. The van der Waals surface area contributed by atoms with Crippen molar-refractivity contribution >= 4 is 0 Å². The van der Waals surface area contributed by atoms with Gasteiger partial charge >= 0.3 is 0 Å². The van der Waals surface area contributed by atoms with Gasteiger partial charge in [-0.1, -0.05) is 18.2 Å². The summed E-state index contributed by atoms with van der Waals surface area (Å²) < 4.78 is 13.6. The molecular formula is C12H11FN2. The lowest BCUT2D eigenvalue weighted by molar-refractivity contribution is 0.629. The van der Waals surface area contributed by atoms with Crippen LogP contribution < -0.4 is 5.73 Å². The first-order chi connectivity index (χ1) is 7.33. The third kappa shape index (κ3) is 1.87. The van der Waals surface area contributed by atoms with E-state index in [9.17, 15) is 4.39 Å². The average Bonchev–Trinajstić information content (AvgIpc) is 2.29. The standard InChI is InChI=1S/C12H11FN2/c13-11-5-1-3-9(7-14)12(11)10-4-2-6-15-8-10/h1-6,8H,7,14H2. The fourth-order valence-electron chi connectivity index (χ4n) is 1.57. The normalized spacial score (nSPS) is 10.3. The van der Waals surface area contributed by atoms with Crippen molar-refractivity contribution in [1.82, 2.24) is 4.98 Å². The van der Waals surface area contributed by atoms with Crippen molar-refractivity contribution in [2.75, 3.05) is 0 Å². The molecule has 1 aromatic heterocycles. The van der Waals surface area contributed by atoms with Gasteiger partial charge in [0, 0.05) is 30.1 Å². The van der Waals surface area contributed by atoms with Gasteiger partial charge in [-0.15, -0.1) is 0 Å². The minimum absolute atomic E-state index is 0.258. The van der Waals surface area contributed by atoms with Crippen LogP contribution in [0.25, 0.3) is 11.1 Å². The zero-order valence-corrected chi connectivity index (χ0v) is 8.15. The highest BCUT2D eigenvalue weighted by atomic mass is 19.1. The summed E-state index contributed by atoms with van der Waals surface area (Å²) in [5.74, 6) is -0.258. The van der Waals surface area contributed by atoms with Crippen molar-refractivity contribution in [3.63, 3.8) is 0 Å². The zero-order chi connectivity index (χ0) is 10.7. The van der Waals surface area contributed by atoms with Crippen LogP contribution in [0.1, 0.15) is 5.56 Å². The SMILES string of the molecule is NCc1cccc(F)c1-c1cccnc1. The van der Waals surface area contributed by atoms with Crippen molar-refractivity contribution < 1.29 is 4.39 Å².